The third-order valence-electron chi connectivity index (χ3n) is 2.99. The van der Waals surface area contributed by atoms with Crippen LogP contribution in [0.3, 0.4) is 0 Å². The minimum atomic E-state index is -0.123. The molecule has 94 valence electrons. The average Bonchev–Trinajstić information content (AvgIpc) is 2.40. The summed E-state index contributed by atoms with van der Waals surface area (Å²) in [6.45, 7) is 2.03. The molecule has 1 N–H and O–H groups in total. The molecule has 4 heteroatoms. The number of rotatable bonds is 1. The van der Waals surface area contributed by atoms with Crippen LogP contribution in [0, 0.1) is 6.92 Å². The molecule has 19 heavy (non-hydrogen) atoms. The third kappa shape index (κ3) is 2.31. The van der Waals surface area contributed by atoms with Gasteiger partial charge in [-0.15, -0.1) is 0 Å². The van der Waals surface area contributed by atoms with E-state index in [1.165, 1.54) is 5.56 Å². The molecule has 0 aliphatic carbocycles. The van der Waals surface area contributed by atoms with E-state index in [-0.39, 0.29) is 5.56 Å². The molecule has 0 spiro atoms. The number of aromatic amines is 1. The molecule has 0 aliphatic heterocycles. The predicted molar refractivity (Wildman–Crippen MR) is 80.2 cm³/mol. The second-order valence-corrected chi connectivity index (χ2v) is 5.36. The van der Waals surface area contributed by atoms with Crippen LogP contribution in [0.1, 0.15) is 5.56 Å². The standard InChI is InChI=1S/C15H11BrN2O/c1-9-2-4-10(5-3-9)14-17-13-7-6-11(16)8-12(13)15(19)18-14/h2-8H,1H3,(H,17,18,19). The maximum absolute atomic E-state index is 12.1. The first-order valence-corrected chi connectivity index (χ1v) is 6.69. The summed E-state index contributed by atoms with van der Waals surface area (Å²) in [5.74, 6) is 0.597. The molecule has 0 bridgehead atoms. The van der Waals surface area contributed by atoms with E-state index in [0.717, 1.165) is 10.0 Å². The minimum absolute atomic E-state index is 0.123. The van der Waals surface area contributed by atoms with Crippen molar-refractivity contribution in [1.29, 1.82) is 0 Å². The van der Waals surface area contributed by atoms with Crippen molar-refractivity contribution in [2.24, 2.45) is 0 Å². The van der Waals surface area contributed by atoms with Gasteiger partial charge in [0.1, 0.15) is 5.82 Å². The molecule has 0 unspecified atom stereocenters. The summed E-state index contributed by atoms with van der Waals surface area (Å²) in [4.78, 5) is 19.4. The fraction of sp³-hybridized carbons (Fsp3) is 0.0667. The summed E-state index contributed by atoms with van der Waals surface area (Å²) in [6, 6.07) is 13.4. The number of hydrogen-bond donors (Lipinski definition) is 1. The molecule has 1 aromatic heterocycles. The van der Waals surface area contributed by atoms with E-state index in [1.54, 1.807) is 6.07 Å². The number of hydrogen-bond acceptors (Lipinski definition) is 2. The van der Waals surface area contributed by atoms with Gasteiger partial charge in [-0.25, -0.2) is 4.98 Å². The first-order chi connectivity index (χ1) is 9.13. The van der Waals surface area contributed by atoms with E-state index in [4.69, 9.17) is 0 Å². The highest BCUT2D eigenvalue weighted by molar-refractivity contribution is 9.10. The Morgan fingerprint density at radius 1 is 1.11 bits per heavy atom. The van der Waals surface area contributed by atoms with Crippen molar-refractivity contribution >= 4 is 26.8 Å². The maximum atomic E-state index is 12.1. The number of aryl methyl sites for hydroxylation is 1. The minimum Gasteiger partial charge on any atom is -0.306 e. The number of nitrogens with zero attached hydrogens (tertiary/aromatic N) is 1. The van der Waals surface area contributed by atoms with Crippen molar-refractivity contribution in [2.45, 2.75) is 6.92 Å². The largest absolute Gasteiger partial charge is 0.306 e. The number of aromatic nitrogens is 2. The van der Waals surface area contributed by atoms with Crippen LogP contribution < -0.4 is 5.56 Å². The zero-order valence-electron chi connectivity index (χ0n) is 10.3. The van der Waals surface area contributed by atoms with Gasteiger partial charge in [-0.1, -0.05) is 45.8 Å². The fourth-order valence-electron chi connectivity index (χ4n) is 1.96. The molecule has 3 rings (SSSR count). The first kappa shape index (κ1) is 12.1. The van der Waals surface area contributed by atoms with Gasteiger partial charge in [0.2, 0.25) is 0 Å². The summed E-state index contributed by atoms with van der Waals surface area (Å²) in [5.41, 5.74) is 2.66. The number of H-pyrrole nitrogens is 1. The Morgan fingerprint density at radius 2 is 1.84 bits per heavy atom. The highest BCUT2D eigenvalue weighted by atomic mass is 79.9. The Morgan fingerprint density at radius 3 is 2.58 bits per heavy atom. The zero-order chi connectivity index (χ0) is 13.4. The van der Waals surface area contributed by atoms with Crippen molar-refractivity contribution in [3.05, 3.63) is 62.9 Å². The molecule has 0 aliphatic rings. The van der Waals surface area contributed by atoms with Crippen LogP contribution in [0.2, 0.25) is 0 Å². The SMILES string of the molecule is Cc1ccc(-c2nc3ccc(Br)cc3c(=O)[nH]2)cc1. The number of benzene rings is 2. The quantitative estimate of drug-likeness (QED) is 0.745. The smallest absolute Gasteiger partial charge is 0.259 e. The van der Waals surface area contributed by atoms with Crippen molar-refractivity contribution in [1.82, 2.24) is 9.97 Å². The Bertz CT molecular complexity index is 806. The summed E-state index contributed by atoms with van der Waals surface area (Å²) in [7, 11) is 0. The predicted octanol–water partition coefficient (Wildman–Crippen LogP) is 3.66. The van der Waals surface area contributed by atoms with Crippen molar-refractivity contribution in [3.63, 3.8) is 0 Å². The number of fused-ring (bicyclic) bond motifs is 1. The van der Waals surface area contributed by atoms with Crippen LogP contribution in [0.5, 0.6) is 0 Å². The zero-order valence-corrected chi connectivity index (χ0v) is 11.9. The van der Waals surface area contributed by atoms with Crippen LogP contribution in [0.4, 0.5) is 0 Å². The maximum Gasteiger partial charge on any atom is 0.259 e. The van der Waals surface area contributed by atoms with Crippen molar-refractivity contribution in [3.8, 4) is 11.4 Å². The van der Waals surface area contributed by atoms with Crippen molar-refractivity contribution in [2.75, 3.05) is 0 Å². The van der Waals surface area contributed by atoms with Gasteiger partial charge in [0, 0.05) is 10.0 Å². The Labute approximate surface area is 118 Å². The molecular formula is C15H11BrN2O. The topological polar surface area (TPSA) is 45.8 Å². The van der Waals surface area contributed by atoms with Gasteiger partial charge < -0.3 is 4.98 Å². The molecule has 2 aromatic carbocycles. The molecule has 3 nitrogen and oxygen atoms in total. The van der Waals surface area contributed by atoms with Gasteiger partial charge in [0.25, 0.3) is 5.56 Å². The van der Waals surface area contributed by atoms with Crippen LogP contribution in [-0.4, -0.2) is 9.97 Å². The number of halogens is 1. The lowest BCUT2D eigenvalue weighted by Gasteiger charge is -2.04. The van der Waals surface area contributed by atoms with Gasteiger partial charge >= 0.3 is 0 Å². The monoisotopic (exact) mass is 314 g/mol. The van der Waals surface area contributed by atoms with E-state index in [9.17, 15) is 4.79 Å². The molecule has 0 atom stereocenters. The lowest BCUT2D eigenvalue weighted by atomic mass is 10.1. The van der Waals surface area contributed by atoms with Gasteiger partial charge in [-0.3, -0.25) is 4.79 Å². The van der Waals surface area contributed by atoms with Crippen LogP contribution in [0.15, 0.2) is 51.7 Å². The number of nitrogens with one attached hydrogen (secondary N) is 1. The second-order valence-electron chi connectivity index (χ2n) is 4.44. The van der Waals surface area contributed by atoms with Crippen LogP contribution >= 0.6 is 15.9 Å². The van der Waals surface area contributed by atoms with Crippen LogP contribution in [0.25, 0.3) is 22.3 Å². The fourth-order valence-corrected chi connectivity index (χ4v) is 2.32. The highest BCUT2D eigenvalue weighted by Gasteiger charge is 2.06. The van der Waals surface area contributed by atoms with E-state index >= 15 is 0 Å². The van der Waals surface area contributed by atoms with E-state index in [2.05, 4.69) is 25.9 Å². The summed E-state index contributed by atoms with van der Waals surface area (Å²) >= 11 is 3.36. The third-order valence-corrected chi connectivity index (χ3v) is 3.49. The lowest BCUT2D eigenvalue weighted by molar-refractivity contribution is 1.18. The molecule has 0 saturated heterocycles. The van der Waals surface area contributed by atoms with E-state index in [0.29, 0.717) is 16.7 Å². The Balaban J connectivity index is 2.24. The van der Waals surface area contributed by atoms with E-state index in [1.807, 2.05) is 43.3 Å². The Hall–Kier alpha value is -1.94. The molecule has 0 fully saturated rings. The molecule has 3 aromatic rings. The second kappa shape index (κ2) is 4.63. The normalized spacial score (nSPS) is 10.8. The molecule has 0 saturated carbocycles. The molecule has 1 heterocycles. The highest BCUT2D eigenvalue weighted by Crippen LogP contribution is 2.19. The average molecular weight is 315 g/mol. The summed E-state index contributed by atoms with van der Waals surface area (Å²) in [5, 5.41) is 0.588. The van der Waals surface area contributed by atoms with Gasteiger partial charge in [0.15, 0.2) is 0 Å². The summed E-state index contributed by atoms with van der Waals surface area (Å²) < 4.78 is 0.871. The van der Waals surface area contributed by atoms with Gasteiger partial charge in [0.05, 0.1) is 10.9 Å². The van der Waals surface area contributed by atoms with Crippen LogP contribution in [-0.2, 0) is 0 Å². The Kier molecular flexibility index (Phi) is 2.95. The van der Waals surface area contributed by atoms with Gasteiger partial charge in [-0.2, -0.15) is 0 Å². The summed E-state index contributed by atoms with van der Waals surface area (Å²) in [6.07, 6.45) is 0. The van der Waals surface area contributed by atoms with Crippen molar-refractivity contribution < 1.29 is 0 Å². The van der Waals surface area contributed by atoms with E-state index < -0.39 is 0 Å². The molecule has 0 amide bonds. The first-order valence-electron chi connectivity index (χ1n) is 5.90. The lowest BCUT2D eigenvalue weighted by Crippen LogP contribution is -2.09. The molecular weight excluding hydrogens is 304 g/mol. The van der Waals surface area contributed by atoms with Gasteiger partial charge in [-0.05, 0) is 25.1 Å². The molecule has 0 radical (unpaired) electrons.